The van der Waals surface area contributed by atoms with Crippen LogP contribution in [0.4, 0.5) is 0 Å². The van der Waals surface area contributed by atoms with Crippen LogP contribution >= 0.6 is 11.3 Å². The lowest BCUT2D eigenvalue weighted by Gasteiger charge is -2.25. The van der Waals surface area contributed by atoms with E-state index >= 15 is 0 Å². The van der Waals surface area contributed by atoms with E-state index < -0.39 is 10.0 Å². The first kappa shape index (κ1) is 23.1. The van der Waals surface area contributed by atoms with Gasteiger partial charge in [-0.1, -0.05) is 20.8 Å². The van der Waals surface area contributed by atoms with Gasteiger partial charge in [-0.3, -0.25) is 4.99 Å². The standard InChI is InChI=1S/C19H34N4O3S2/c1-15(8-9-19(2,3)4)22-18(20-5)21-14-16-6-7-17(27-16)28(24,25)23-10-12-26-13-11-23/h6-7,15H,8-14H2,1-5H3,(H2,20,21,22). The fourth-order valence-electron chi connectivity index (χ4n) is 2.83. The predicted octanol–water partition coefficient (Wildman–Crippen LogP) is 2.65. The number of nitrogens with one attached hydrogen (secondary N) is 2. The topological polar surface area (TPSA) is 83.0 Å². The summed E-state index contributed by atoms with van der Waals surface area (Å²) in [5.41, 5.74) is 0.312. The van der Waals surface area contributed by atoms with E-state index in [2.05, 4.69) is 43.3 Å². The Labute approximate surface area is 173 Å². The average molecular weight is 431 g/mol. The zero-order valence-electron chi connectivity index (χ0n) is 17.6. The molecule has 2 N–H and O–H groups in total. The Bertz CT molecular complexity index is 747. The molecule has 0 radical (unpaired) electrons. The number of thiophene rings is 1. The third-order valence-corrected chi connectivity index (χ3v) is 8.02. The minimum Gasteiger partial charge on any atom is -0.379 e. The second-order valence-electron chi connectivity index (χ2n) is 8.31. The summed E-state index contributed by atoms with van der Waals surface area (Å²) < 4.78 is 32.6. The fraction of sp³-hybridized carbons (Fsp3) is 0.737. The van der Waals surface area contributed by atoms with Gasteiger partial charge in [0.25, 0.3) is 10.0 Å². The van der Waals surface area contributed by atoms with Crippen molar-refractivity contribution in [2.24, 2.45) is 10.4 Å². The van der Waals surface area contributed by atoms with Crippen LogP contribution in [0.3, 0.4) is 0 Å². The van der Waals surface area contributed by atoms with Gasteiger partial charge in [-0.15, -0.1) is 11.3 Å². The van der Waals surface area contributed by atoms with Crippen molar-refractivity contribution in [1.82, 2.24) is 14.9 Å². The molecule has 1 aliphatic rings. The largest absolute Gasteiger partial charge is 0.379 e. The van der Waals surface area contributed by atoms with E-state index in [-0.39, 0.29) is 0 Å². The third kappa shape index (κ3) is 7.02. The van der Waals surface area contributed by atoms with Crippen molar-refractivity contribution in [3.8, 4) is 0 Å². The van der Waals surface area contributed by atoms with E-state index in [9.17, 15) is 8.42 Å². The Hall–Kier alpha value is -1.16. The van der Waals surface area contributed by atoms with Crippen molar-refractivity contribution in [1.29, 1.82) is 0 Å². The molecule has 0 saturated carbocycles. The molecule has 1 fully saturated rings. The highest BCUT2D eigenvalue weighted by Gasteiger charge is 2.27. The molecule has 28 heavy (non-hydrogen) atoms. The number of sulfonamides is 1. The number of ether oxygens (including phenoxy) is 1. The van der Waals surface area contributed by atoms with Crippen LogP contribution in [0, 0.1) is 5.41 Å². The Kier molecular flexibility index (Phi) is 8.30. The van der Waals surface area contributed by atoms with Crippen molar-refractivity contribution in [3.63, 3.8) is 0 Å². The molecule has 1 aromatic rings. The maximum absolute atomic E-state index is 12.7. The summed E-state index contributed by atoms with van der Waals surface area (Å²) in [5.74, 6) is 0.729. The molecule has 2 rings (SSSR count). The quantitative estimate of drug-likeness (QED) is 0.513. The molecule has 2 heterocycles. The fourth-order valence-corrected chi connectivity index (χ4v) is 5.68. The number of guanidine groups is 1. The molecule has 160 valence electrons. The van der Waals surface area contributed by atoms with Crippen LogP contribution in [0.2, 0.25) is 0 Å². The van der Waals surface area contributed by atoms with E-state index in [0.717, 1.165) is 23.7 Å². The van der Waals surface area contributed by atoms with Crippen LogP contribution in [-0.4, -0.2) is 58.1 Å². The maximum Gasteiger partial charge on any atom is 0.252 e. The van der Waals surface area contributed by atoms with E-state index in [0.29, 0.717) is 48.5 Å². The average Bonchev–Trinajstić information content (AvgIpc) is 3.13. The zero-order valence-corrected chi connectivity index (χ0v) is 19.3. The number of hydrogen-bond acceptors (Lipinski definition) is 5. The summed E-state index contributed by atoms with van der Waals surface area (Å²) in [6.45, 7) is 11.1. The first-order chi connectivity index (χ1) is 13.1. The molecule has 0 spiro atoms. The minimum atomic E-state index is -3.43. The molecule has 1 unspecified atom stereocenters. The first-order valence-corrected chi connectivity index (χ1v) is 12.0. The third-order valence-electron chi connectivity index (χ3n) is 4.57. The summed E-state index contributed by atoms with van der Waals surface area (Å²) in [6.07, 6.45) is 2.19. The van der Waals surface area contributed by atoms with Crippen molar-refractivity contribution in [2.45, 2.75) is 57.3 Å². The van der Waals surface area contributed by atoms with E-state index in [1.807, 2.05) is 6.07 Å². The summed E-state index contributed by atoms with van der Waals surface area (Å²) >= 11 is 1.30. The summed E-state index contributed by atoms with van der Waals surface area (Å²) in [7, 11) is -1.68. The Morgan fingerprint density at radius 2 is 2.00 bits per heavy atom. The number of morpholine rings is 1. The molecule has 9 heteroatoms. The van der Waals surface area contributed by atoms with Gasteiger partial charge in [0.05, 0.1) is 19.8 Å². The number of aliphatic imine (C=N–C) groups is 1. The molecule has 7 nitrogen and oxygen atoms in total. The van der Waals surface area contributed by atoms with Gasteiger partial charge in [-0.25, -0.2) is 8.42 Å². The first-order valence-electron chi connectivity index (χ1n) is 9.75. The van der Waals surface area contributed by atoms with E-state index in [1.54, 1.807) is 13.1 Å². The summed E-state index contributed by atoms with van der Waals surface area (Å²) in [6, 6.07) is 3.86. The number of nitrogens with zero attached hydrogens (tertiary/aromatic N) is 2. The predicted molar refractivity (Wildman–Crippen MR) is 115 cm³/mol. The molecular formula is C19H34N4O3S2. The van der Waals surface area contributed by atoms with Gasteiger partial charge < -0.3 is 15.4 Å². The number of rotatable bonds is 7. The lowest BCUT2D eigenvalue weighted by molar-refractivity contribution is 0.0731. The van der Waals surface area contributed by atoms with Crippen molar-refractivity contribution in [3.05, 3.63) is 17.0 Å². The molecule has 1 aromatic heterocycles. The highest BCUT2D eigenvalue weighted by molar-refractivity contribution is 7.91. The van der Waals surface area contributed by atoms with Crippen molar-refractivity contribution in [2.75, 3.05) is 33.4 Å². The van der Waals surface area contributed by atoms with Crippen molar-refractivity contribution < 1.29 is 13.2 Å². The monoisotopic (exact) mass is 430 g/mol. The zero-order chi connectivity index (χ0) is 20.8. The van der Waals surface area contributed by atoms with Gasteiger partial charge in [0, 0.05) is 31.1 Å². The highest BCUT2D eigenvalue weighted by atomic mass is 32.2. The SMILES string of the molecule is CN=C(NCc1ccc(S(=O)(=O)N2CCOCC2)s1)NC(C)CCC(C)(C)C. The molecule has 1 saturated heterocycles. The van der Waals surface area contributed by atoms with Gasteiger partial charge in [0.1, 0.15) is 4.21 Å². The summed E-state index contributed by atoms with van der Waals surface area (Å²) in [4.78, 5) is 5.23. The Balaban J connectivity index is 1.88. The molecule has 1 atom stereocenters. The summed E-state index contributed by atoms with van der Waals surface area (Å²) in [5, 5.41) is 6.68. The van der Waals surface area contributed by atoms with Crippen LogP contribution in [0.5, 0.6) is 0 Å². The van der Waals surface area contributed by atoms with Gasteiger partial charge in [0.15, 0.2) is 5.96 Å². The maximum atomic E-state index is 12.7. The molecule has 0 bridgehead atoms. The molecule has 0 aliphatic carbocycles. The normalized spacial score (nSPS) is 18.1. The number of hydrogen-bond donors (Lipinski definition) is 2. The Morgan fingerprint density at radius 3 is 2.61 bits per heavy atom. The van der Waals surface area contributed by atoms with Crippen LogP contribution in [-0.2, 0) is 21.3 Å². The second kappa shape index (κ2) is 10.0. The lowest BCUT2D eigenvalue weighted by Crippen LogP contribution is -2.42. The van der Waals surface area contributed by atoms with Gasteiger partial charge in [-0.05, 0) is 37.3 Å². The van der Waals surface area contributed by atoms with Gasteiger partial charge >= 0.3 is 0 Å². The van der Waals surface area contributed by atoms with Crippen LogP contribution in [0.25, 0.3) is 0 Å². The van der Waals surface area contributed by atoms with E-state index in [1.165, 1.54) is 15.6 Å². The Morgan fingerprint density at radius 1 is 1.32 bits per heavy atom. The van der Waals surface area contributed by atoms with Gasteiger partial charge in [0.2, 0.25) is 0 Å². The minimum absolute atomic E-state index is 0.311. The highest BCUT2D eigenvalue weighted by Crippen LogP contribution is 2.25. The lowest BCUT2D eigenvalue weighted by atomic mass is 9.89. The van der Waals surface area contributed by atoms with Crippen molar-refractivity contribution >= 4 is 27.3 Å². The van der Waals surface area contributed by atoms with Crippen LogP contribution < -0.4 is 10.6 Å². The molecule has 1 aliphatic heterocycles. The smallest absolute Gasteiger partial charge is 0.252 e. The molecule has 0 amide bonds. The molecule has 0 aromatic carbocycles. The second-order valence-corrected chi connectivity index (χ2v) is 11.6. The van der Waals surface area contributed by atoms with E-state index in [4.69, 9.17) is 4.74 Å². The van der Waals surface area contributed by atoms with Crippen LogP contribution in [0.1, 0.15) is 45.4 Å². The van der Waals surface area contributed by atoms with Crippen LogP contribution in [0.15, 0.2) is 21.3 Å². The van der Waals surface area contributed by atoms with Gasteiger partial charge in [-0.2, -0.15) is 4.31 Å². The molecular weight excluding hydrogens is 396 g/mol.